The molecule has 3 rings (SSSR count). The van der Waals surface area contributed by atoms with Crippen LogP contribution in [0.2, 0.25) is 0 Å². The van der Waals surface area contributed by atoms with Crippen LogP contribution in [0.25, 0.3) is 0 Å². The van der Waals surface area contributed by atoms with Gasteiger partial charge in [0.05, 0.1) is 0 Å². The SMILES string of the molecule is Cc1ccnc(SCCC2=C(C(=O)O)N3C(=O)CC3C2)n1. The summed E-state index contributed by atoms with van der Waals surface area (Å²) in [7, 11) is 0. The van der Waals surface area contributed by atoms with Crippen molar-refractivity contribution in [1.82, 2.24) is 14.9 Å². The molecule has 21 heavy (non-hydrogen) atoms. The number of aryl methyl sites for hydroxylation is 1. The second kappa shape index (κ2) is 5.48. The van der Waals surface area contributed by atoms with Gasteiger partial charge >= 0.3 is 5.97 Å². The Morgan fingerprint density at radius 2 is 2.33 bits per heavy atom. The van der Waals surface area contributed by atoms with Crippen LogP contribution in [0.3, 0.4) is 0 Å². The molecule has 1 atom stereocenters. The molecule has 3 heterocycles. The van der Waals surface area contributed by atoms with E-state index in [0.717, 1.165) is 11.3 Å². The molecule has 1 aromatic heterocycles. The molecule has 0 spiro atoms. The van der Waals surface area contributed by atoms with Crippen molar-refractivity contribution in [3.8, 4) is 0 Å². The average Bonchev–Trinajstić information content (AvgIpc) is 2.72. The standard InChI is InChI=1S/C14H15N3O3S/c1-8-2-4-15-14(16-8)21-5-3-9-6-10-7-11(18)17(10)12(9)13(19)20/h2,4,10H,3,5-7H2,1H3,(H,19,20). The van der Waals surface area contributed by atoms with Gasteiger partial charge in [-0.3, -0.25) is 4.79 Å². The Morgan fingerprint density at radius 3 is 3.00 bits per heavy atom. The van der Waals surface area contributed by atoms with Crippen molar-refractivity contribution in [3.63, 3.8) is 0 Å². The number of rotatable bonds is 5. The highest BCUT2D eigenvalue weighted by atomic mass is 32.2. The summed E-state index contributed by atoms with van der Waals surface area (Å²) in [5.74, 6) is -0.371. The van der Waals surface area contributed by atoms with Crippen LogP contribution in [0.1, 0.15) is 25.0 Å². The van der Waals surface area contributed by atoms with E-state index in [4.69, 9.17) is 0 Å². The van der Waals surface area contributed by atoms with Crippen LogP contribution in [0.15, 0.2) is 28.7 Å². The predicted molar refractivity (Wildman–Crippen MR) is 76.6 cm³/mol. The van der Waals surface area contributed by atoms with Crippen LogP contribution in [0.4, 0.5) is 0 Å². The monoisotopic (exact) mass is 305 g/mol. The van der Waals surface area contributed by atoms with Crippen LogP contribution in [0, 0.1) is 6.92 Å². The maximum Gasteiger partial charge on any atom is 0.352 e. The van der Waals surface area contributed by atoms with Crippen LogP contribution < -0.4 is 0 Å². The quantitative estimate of drug-likeness (QED) is 0.505. The van der Waals surface area contributed by atoms with Crippen LogP contribution in [0.5, 0.6) is 0 Å². The van der Waals surface area contributed by atoms with Crippen molar-refractivity contribution in [2.45, 2.75) is 37.4 Å². The summed E-state index contributed by atoms with van der Waals surface area (Å²) < 4.78 is 0. The molecular weight excluding hydrogens is 290 g/mol. The number of aromatic nitrogens is 2. The van der Waals surface area contributed by atoms with Gasteiger partial charge in [0, 0.05) is 30.1 Å². The second-order valence-corrected chi connectivity index (χ2v) is 6.22. The zero-order chi connectivity index (χ0) is 15.0. The number of β-lactam (4-membered cyclic amide) rings is 1. The zero-order valence-electron chi connectivity index (χ0n) is 11.6. The number of hydrogen-bond donors (Lipinski definition) is 1. The molecule has 0 aliphatic carbocycles. The Morgan fingerprint density at radius 1 is 1.52 bits per heavy atom. The fraction of sp³-hybridized carbons (Fsp3) is 0.429. The molecule has 6 nitrogen and oxygen atoms in total. The van der Waals surface area contributed by atoms with Gasteiger partial charge in [0.25, 0.3) is 0 Å². The van der Waals surface area contributed by atoms with Gasteiger partial charge in [-0.15, -0.1) is 0 Å². The highest BCUT2D eigenvalue weighted by Crippen LogP contribution is 2.40. The lowest BCUT2D eigenvalue weighted by Gasteiger charge is -2.35. The van der Waals surface area contributed by atoms with E-state index in [0.29, 0.717) is 30.2 Å². The van der Waals surface area contributed by atoms with E-state index in [-0.39, 0.29) is 17.6 Å². The maximum atomic E-state index is 11.5. The lowest BCUT2D eigenvalue weighted by Crippen LogP contribution is -2.49. The molecule has 2 aliphatic rings. The Balaban J connectivity index is 1.65. The molecule has 0 aromatic carbocycles. The summed E-state index contributed by atoms with van der Waals surface area (Å²) in [6.07, 6.45) is 3.51. The number of fused-ring (bicyclic) bond motifs is 1. The van der Waals surface area contributed by atoms with Crippen molar-refractivity contribution < 1.29 is 14.7 Å². The van der Waals surface area contributed by atoms with Crippen molar-refractivity contribution in [2.24, 2.45) is 0 Å². The molecule has 1 saturated heterocycles. The largest absolute Gasteiger partial charge is 0.477 e. The fourth-order valence-electron chi connectivity index (χ4n) is 2.74. The van der Waals surface area contributed by atoms with E-state index >= 15 is 0 Å². The minimum absolute atomic E-state index is 0.0684. The number of carboxylic acid groups (broad SMARTS) is 1. The van der Waals surface area contributed by atoms with Crippen molar-refractivity contribution >= 4 is 23.6 Å². The number of nitrogens with zero attached hydrogens (tertiary/aromatic N) is 3. The number of amides is 1. The smallest absolute Gasteiger partial charge is 0.352 e. The van der Waals surface area contributed by atoms with Gasteiger partial charge in [-0.05, 0) is 31.4 Å². The molecule has 1 fully saturated rings. The third-order valence-electron chi connectivity index (χ3n) is 3.71. The first-order chi connectivity index (χ1) is 10.1. The molecule has 110 valence electrons. The van der Waals surface area contributed by atoms with Crippen molar-refractivity contribution in [1.29, 1.82) is 0 Å². The zero-order valence-corrected chi connectivity index (χ0v) is 12.4. The second-order valence-electron chi connectivity index (χ2n) is 5.16. The molecule has 1 aromatic rings. The van der Waals surface area contributed by atoms with Gasteiger partial charge in [0.1, 0.15) is 5.70 Å². The first kappa shape index (κ1) is 14.1. The molecule has 7 heteroatoms. The Bertz CT molecular complexity index is 644. The Kier molecular flexibility index (Phi) is 3.67. The first-order valence-corrected chi connectivity index (χ1v) is 7.74. The predicted octanol–water partition coefficient (Wildman–Crippen LogP) is 1.61. The first-order valence-electron chi connectivity index (χ1n) is 6.76. The van der Waals surface area contributed by atoms with Gasteiger partial charge in [-0.25, -0.2) is 14.8 Å². The summed E-state index contributed by atoms with van der Waals surface area (Å²) in [6.45, 7) is 1.91. The van der Waals surface area contributed by atoms with Crippen molar-refractivity contribution in [2.75, 3.05) is 5.75 Å². The number of carbonyl (C=O) groups is 2. The Labute approximate surface area is 126 Å². The highest BCUT2D eigenvalue weighted by molar-refractivity contribution is 7.99. The van der Waals surface area contributed by atoms with Crippen LogP contribution in [-0.2, 0) is 9.59 Å². The number of carbonyl (C=O) groups excluding carboxylic acids is 1. The number of aliphatic carboxylic acids is 1. The van der Waals surface area contributed by atoms with Gasteiger partial charge in [-0.2, -0.15) is 0 Å². The third kappa shape index (κ3) is 2.65. The molecule has 2 aliphatic heterocycles. The minimum atomic E-state index is -1.00. The van der Waals surface area contributed by atoms with Crippen molar-refractivity contribution in [3.05, 3.63) is 29.2 Å². The van der Waals surface area contributed by atoms with E-state index in [1.165, 1.54) is 16.7 Å². The molecule has 0 radical (unpaired) electrons. The topological polar surface area (TPSA) is 83.4 Å². The van der Waals surface area contributed by atoms with Gasteiger partial charge < -0.3 is 10.0 Å². The fourth-order valence-corrected chi connectivity index (χ4v) is 3.62. The van der Waals surface area contributed by atoms with E-state index < -0.39 is 5.97 Å². The van der Waals surface area contributed by atoms with Gasteiger partial charge in [-0.1, -0.05) is 11.8 Å². The maximum absolute atomic E-state index is 11.5. The normalized spacial score (nSPS) is 20.5. The molecule has 0 bridgehead atoms. The molecule has 1 unspecified atom stereocenters. The lowest BCUT2D eigenvalue weighted by atomic mass is 10.0. The summed E-state index contributed by atoms with van der Waals surface area (Å²) >= 11 is 1.51. The number of thioether (sulfide) groups is 1. The number of carboxylic acids is 1. The van der Waals surface area contributed by atoms with E-state index in [9.17, 15) is 14.7 Å². The number of hydrogen-bond acceptors (Lipinski definition) is 5. The van der Waals surface area contributed by atoms with E-state index in [2.05, 4.69) is 9.97 Å². The molecule has 1 N–H and O–H groups in total. The molecular formula is C14H15N3O3S. The van der Waals surface area contributed by atoms with Crippen LogP contribution in [-0.4, -0.2) is 43.6 Å². The molecule has 1 amide bonds. The third-order valence-corrected chi connectivity index (χ3v) is 4.58. The van der Waals surface area contributed by atoms with E-state index in [1.54, 1.807) is 6.20 Å². The highest BCUT2D eigenvalue weighted by Gasteiger charge is 2.46. The van der Waals surface area contributed by atoms with Gasteiger partial charge in [0.15, 0.2) is 5.16 Å². The molecule has 0 saturated carbocycles. The summed E-state index contributed by atoms with van der Waals surface area (Å²) in [5.41, 5.74) is 1.97. The van der Waals surface area contributed by atoms with E-state index in [1.807, 2.05) is 13.0 Å². The lowest BCUT2D eigenvalue weighted by molar-refractivity contribution is -0.147. The summed E-state index contributed by atoms with van der Waals surface area (Å²) in [6, 6.07) is 1.90. The summed E-state index contributed by atoms with van der Waals surface area (Å²) in [4.78, 5) is 32.8. The van der Waals surface area contributed by atoms with Crippen LogP contribution >= 0.6 is 11.8 Å². The average molecular weight is 305 g/mol. The van der Waals surface area contributed by atoms with Gasteiger partial charge in [0.2, 0.25) is 5.91 Å². The minimum Gasteiger partial charge on any atom is -0.477 e. The summed E-state index contributed by atoms with van der Waals surface area (Å²) in [5, 5.41) is 9.99. The Hall–Kier alpha value is -1.89.